The van der Waals surface area contributed by atoms with Crippen LogP contribution in [-0.4, -0.2) is 4.98 Å². The van der Waals surface area contributed by atoms with Crippen LogP contribution in [0.3, 0.4) is 0 Å². The number of hydrogen-bond donors (Lipinski definition) is 0. The van der Waals surface area contributed by atoms with E-state index in [9.17, 15) is 0 Å². The van der Waals surface area contributed by atoms with E-state index in [1.165, 1.54) is 44.5 Å². The highest BCUT2D eigenvalue weighted by Crippen LogP contribution is 2.63. The van der Waals surface area contributed by atoms with Crippen LogP contribution < -0.4 is 4.90 Å². The fraction of sp³-hybridized carbons (Fsp3) is 0.0227. The van der Waals surface area contributed by atoms with E-state index >= 15 is 0 Å². The second kappa shape index (κ2) is 9.90. The van der Waals surface area contributed by atoms with Crippen LogP contribution >= 0.6 is 0 Å². The van der Waals surface area contributed by atoms with E-state index in [-0.39, 0.29) is 0 Å². The van der Waals surface area contributed by atoms with Crippen molar-refractivity contribution in [1.82, 2.24) is 4.98 Å². The van der Waals surface area contributed by atoms with Gasteiger partial charge in [0.25, 0.3) is 0 Å². The van der Waals surface area contributed by atoms with Gasteiger partial charge < -0.3 is 9.32 Å². The van der Waals surface area contributed by atoms with Gasteiger partial charge in [-0.2, -0.15) is 0 Å². The Balaban J connectivity index is 1.27. The fourth-order valence-electron chi connectivity index (χ4n) is 8.00. The zero-order chi connectivity index (χ0) is 31.0. The summed E-state index contributed by atoms with van der Waals surface area (Å²) in [6, 6.07) is 60.9. The third kappa shape index (κ3) is 3.65. The lowest BCUT2D eigenvalue weighted by atomic mass is 9.70. The van der Waals surface area contributed by atoms with Gasteiger partial charge in [0, 0.05) is 22.6 Å². The quantitative estimate of drug-likeness (QED) is 0.201. The van der Waals surface area contributed by atoms with Crippen LogP contribution in [0.5, 0.6) is 0 Å². The van der Waals surface area contributed by atoms with Gasteiger partial charge in [-0.15, -0.1) is 0 Å². The number of fused-ring (bicyclic) bond motifs is 11. The Morgan fingerprint density at radius 2 is 0.957 bits per heavy atom. The Bertz CT molecular complexity index is 2360. The lowest BCUT2D eigenvalue weighted by molar-refractivity contribution is 0.619. The van der Waals surface area contributed by atoms with Crippen LogP contribution in [0.25, 0.3) is 44.8 Å². The van der Waals surface area contributed by atoms with E-state index < -0.39 is 5.41 Å². The average Bonchev–Trinajstić information content (AvgIpc) is 3.79. The molecule has 7 aromatic carbocycles. The number of aromatic nitrogens is 1. The van der Waals surface area contributed by atoms with Crippen LogP contribution in [0.1, 0.15) is 22.3 Å². The molecule has 0 aliphatic heterocycles. The molecule has 0 bridgehead atoms. The molecule has 0 fully saturated rings. The topological polar surface area (TPSA) is 29.3 Å². The first-order valence-electron chi connectivity index (χ1n) is 16.1. The normalized spacial score (nSPS) is 13.3. The molecule has 0 saturated heterocycles. The molecule has 3 nitrogen and oxygen atoms in total. The van der Waals surface area contributed by atoms with Crippen molar-refractivity contribution in [3.63, 3.8) is 0 Å². The van der Waals surface area contributed by atoms with Crippen molar-refractivity contribution in [1.29, 1.82) is 0 Å². The Morgan fingerprint density at radius 1 is 0.426 bits per heavy atom. The van der Waals surface area contributed by atoms with Crippen molar-refractivity contribution in [2.24, 2.45) is 0 Å². The fourth-order valence-corrected chi connectivity index (χ4v) is 8.00. The standard InChI is InChI=1S/C44H28N2O/c1-3-13-30(14-4-1)46(31-15-5-2-6-16-31)32-24-26-36-35-25-23-29(43-45-41-21-11-12-22-42(41)47-43)27-39(35)44(40(36)28-32)37-19-9-7-17-33(37)34-18-8-10-20-38(34)44/h1-28H. The minimum atomic E-state index is -0.505. The largest absolute Gasteiger partial charge is 0.436 e. The second-order valence-corrected chi connectivity index (χ2v) is 12.3. The summed E-state index contributed by atoms with van der Waals surface area (Å²) in [5.41, 5.74) is 15.7. The maximum absolute atomic E-state index is 6.31. The number of nitrogens with zero attached hydrogens (tertiary/aromatic N) is 2. The summed E-state index contributed by atoms with van der Waals surface area (Å²) in [5, 5.41) is 0. The molecule has 0 saturated carbocycles. The predicted molar refractivity (Wildman–Crippen MR) is 190 cm³/mol. The minimum Gasteiger partial charge on any atom is -0.436 e. The molecule has 3 heteroatoms. The van der Waals surface area contributed by atoms with Gasteiger partial charge in [-0.05, 0) is 105 Å². The molecule has 1 spiro atoms. The lowest BCUT2D eigenvalue weighted by Gasteiger charge is -2.32. The third-order valence-corrected chi connectivity index (χ3v) is 9.90. The molecular formula is C44H28N2O. The molecule has 0 radical (unpaired) electrons. The first-order chi connectivity index (χ1) is 23.3. The summed E-state index contributed by atoms with van der Waals surface area (Å²) in [6.45, 7) is 0. The van der Waals surface area contributed by atoms with Crippen LogP contribution in [-0.2, 0) is 5.41 Å². The highest BCUT2D eigenvalue weighted by molar-refractivity contribution is 5.97. The molecule has 1 heterocycles. The molecule has 8 aromatic rings. The van der Waals surface area contributed by atoms with Gasteiger partial charge in [-0.25, -0.2) is 4.98 Å². The number of hydrogen-bond acceptors (Lipinski definition) is 3. The molecule has 2 aliphatic carbocycles. The molecule has 0 unspecified atom stereocenters. The summed E-state index contributed by atoms with van der Waals surface area (Å²) >= 11 is 0. The van der Waals surface area contributed by atoms with Gasteiger partial charge in [-0.3, -0.25) is 0 Å². The Morgan fingerprint density at radius 3 is 1.62 bits per heavy atom. The van der Waals surface area contributed by atoms with E-state index in [1.807, 2.05) is 24.3 Å². The average molecular weight is 601 g/mol. The van der Waals surface area contributed by atoms with Crippen LogP contribution in [0, 0.1) is 0 Å². The highest BCUT2D eigenvalue weighted by atomic mass is 16.3. The van der Waals surface area contributed by atoms with Gasteiger partial charge in [-0.1, -0.05) is 109 Å². The van der Waals surface area contributed by atoms with Crippen molar-refractivity contribution in [3.05, 3.63) is 192 Å². The zero-order valence-electron chi connectivity index (χ0n) is 25.5. The van der Waals surface area contributed by atoms with Crippen molar-refractivity contribution >= 4 is 28.2 Å². The Kier molecular flexibility index (Phi) is 5.49. The van der Waals surface area contributed by atoms with Crippen molar-refractivity contribution in [2.45, 2.75) is 5.41 Å². The Hall–Kier alpha value is -6.19. The molecule has 0 amide bonds. The van der Waals surface area contributed by atoms with Gasteiger partial charge in [0.1, 0.15) is 5.52 Å². The number of para-hydroxylation sites is 4. The van der Waals surface area contributed by atoms with Crippen LogP contribution in [0.15, 0.2) is 174 Å². The van der Waals surface area contributed by atoms with Gasteiger partial charge in [0.05, 0.1) is 5.41 Å². The third-order valence-electron chi connectivity index (χ3n) is 9.90. The van der Waals surface area contributed by atoms with E-state index in [1.54, 1.807) is 0 Å². The van der Waals surface area contributed by atoms with Crippen molar-refractivity contribution in [3.8, 4) is 33.7 Å². The minimum absolute atomic E-state index is 0.505. The molecule has 10 rings (SSSR count). The Labute approximate surface area is 273 Å². The molecule has 1 aromatic heterocycles. The van der Waals surface area contributed by atoms with Gasteiger partial charge in [0.2, 0.25) is 5.89 Å². The molecule has 2 aliphatic rings. The summed E-state index contributed by atoms with van der Waals surface area (Å²) in [5.74, 6) is 0.639. The number of oxazole rings is 1. The summed E-state index contributed by atoms with van der Waals surface area (Å²) in [6.07, 6.45) is 0. The summed E-state index contributed by atoms with van der Waals surface area (Å²) < 4.78 is 6.31. The maximum atomic E-state index is 6.31. The van der Waals surface area contributed by atoms with Crippen molar-refractivity contribution < 1.29 is 4.42 Å². The first kappa shape index (κ1) is 26.1. The molecule has 47 heavy (non-hydrogen) atoms. The molecule has 0 N–H and O–H groups in total. The highest BCUT2D eigenvalue weighted by Gasteiger charge is 2.52. The van der Waals surface area contributed by atoms with Gasteiger partial charge in [0.15, 0.2) is 5.58 Å². The predicted octanol–water partition coefficient (Wildman–Crippen LogP) is 11.3. The van der Waals surface area contributed by atoms with Crippen LogP contribution in [0.2, 0.25) is 0 Å². The smallest absolute Gasteiger partial charge is 0.227 e. The van der Waals surface area contributed by atoms with E-state index in [0.717, 1.165) is 33.7 Å². The van der Waals surface area contributed by atoms with Crippen molar-refractivity contribution in [2.75, 3.05) is 4.90 Å². The van der Waals surface area contributed by atoms with Crippen LogP contribution in [0.4, 0.5) is 17.1 Å². The first-order valence-corrected chi connectivity index (χ1v) is 16.1. The monoisotopic (exact) mass is 600 g/mol. The SMILES string of the molecule is c1ccc(N(c2ccccc2)c2ccc3c(c2)C2(c4ccccc4-c4ccccc42)c2cc(-c4nc5ccccc5o4)ccc2-3)cc1. The van der Waals surface area contributed by atoms with E-state index in [0.29, 0.717) is 5.89 Å². The summed E-state index contributed by atoms with van der Waals surface area (Å²) in [4.78, 5) is 7.25. The maximum Gasteiger partial charge on any atom is 0.227 e. The number of rotatable bonds is 4. The summed E-state index contributed by atoms with van der Waals surface area (Å²) in [7, 11) is 0. The second-order valence-electron chi connectivity index (χ2n) is 12.3. The number of anilines is 3. The van der Waals surface area contributed by atoms with E-state index in [4.69, 9.17) is 9.40 Å². The van der Waals surface area contributed by atoms with E-state index in [2.05, 4.69) is 150 Å². The molecular weight excluding hydrogens is 572 g/mol. The molecule has 220 valence electrons. The number of benzene rings is 7. The zero-order valence-corrected chi connectivity index (χ0v) is 25.5. The lowest BCUT2D eigenvalue weighted by Crippen LogP contribution is -2.26. The molecule has 0 atom stereocenters. The van der Waals surface area contributed by atoms with Gasteiger partial charge >= 0.3 is 0 Å².